The lowest BCUT2D eigenvalue weighted by Gasteiger charge is -2.15. The fraction of sp³-hybridized carbons (Fsp3) is 0.333. The maximum absolute atomic E-state index is 9.10. The Labute approximate surface area is 128 Å². The fourth-order valence-corrected chi connectivity index (χ4v) is 3.11. The van der Waals surface area contributed by atoms with E-state index in [9.17, 15) is 0 Å². The van der Waals surface area contributed by atoms with Crippen molar-refractivity contribution in [3.63, 3.8) is 0 Å². The molecule has 0 aliphatic heterocycles. The summed E-state index contributed by atoms with van der Waals surface area (Å²) in [4.78, 5) is 5.40. The van der Waals surface area contributed by atoms with Crippen molar-refractivity contribution < 1.29 is 5.21 Å². The zero-order valence-corrected chi connectivity index (χ0v) is 13.1. The lowest BCUT2D eigenvalue weighted by molar-refractivity contribution is 0.318. The molecule has 0 aliphatic rings. The van der Waals surface area contributed by atoms with E-state index >= 15 is 0 Å². The summed E-state index contributed by atoms with van der Waals surface area (Å²) in [5.74, 6) is 2.02. The Balaban J connectivity index is 2.62. The van der Waals surface area contributed by atoms with Gasteiger partial charge in [0.25, 0.3) is 0 Å². The first-order valence-corrected chi connectivity index (χ1v) is 7.97. The highest BCUT2D eigenvalue weighted by atomic mass is 32.2. The molecular formula is C15H20N4OS. The highest BCUT2D eigenvalue weighted by Gasteiger charge is 2.16. The second-order valence-electron chi connectivity index (χ2n) is 4.53. The van der Waals surface area contributed by atoms with Gasteiger partial charge in [0.2, 0.25) is 0 Å². The number of oxime groups is 1. The van der Waals surface area contributed by atoms with Gasteiger partial charge < -0.3 is 15.5 Å². The van der Waals surface area contributed by atoms with Gasteiger partial charge in [0.15, 0.2) is 5.84 Å². The molecule has 5 nitrogen and oxygen atoms in total. The minimum Gasteiger partial charge on any atom is -0.409 e. The summed E-state index contributed by atoms with van der Waals surface area (Å²) in [6.45, 7) is 4.19. The van der Waals surface area contributed by atoms with Crippen molar-refractivity contribution in [2.45, 2.75) is 31.6 Å². The summed E-state index contributed by atoms with van der Waals surface area (Å²) < 4.78 is 2.01. The van der Waals surface area contributed by atoms with E-state index < -0.39 is 0 Å². The second-order valence-corrected chi connectivity index (χ2v) is 5.84. The number of rotatable bonds is 6. The van der Waals surface area contributed by atoms with Crippen molar-refractivity contribution in [2.75, 3.05) is 5.75 Å². The smallest absolute Gasteiger partial charge is 0.173 e. The number of hydrogen-bond acceptors (Lipinski definition) is 4. The normalized spacial score (nSPS) is 11.8. The standard InChI is InChI=1S/C15H20N4OS/c1-3-6-13-17-9-10-19(13)11-7-5-8-12(21-4-2)14(11)15(16)18-20/h5,7-10,20H,3-4,6H2,1-2H3,(H2,16,18). The molecule has 21 heavy (non-hydrogen) atoms. The molecule has 0 aliphatic carbocycles. The minimum absolute atomic E-state index is 0.123. The zero-order chi connectivity index (χ0) is 15.2. The lowest BCUT2D eigenvalue weighted by Crippen LogP contribution is -2.18. The molecule has 0 unspecified atom stereocenters. The van der Waals surface area contributed by atoms with Crippen LogP contribution in [-0.2, 0) is 6.42 Å². The first-order chi connectivity index (χ1) is 10.2. The van der Waals surface area contributed by atoms with Crippen LogP contribution in [0.25, 0.3) is 5.69 Å². The first-order valence-electron chi connectivity index (χ1n) is 6.99. The van der Waals surface area contributed by atoms with Gasteiger partial charge in [-0.3, -0.25) is 0 Å². The third-order valence-electron chi connectivity index (χ3n) is 3.12. The Morgan fingerprint density at radius 1 is 1.43 bits per heavy atom. The summed E-state index contributed by atoms with van der Waals surface area (Å²) in [6.07, 6.45) is 5.59. The van der Waals surface area contributed by atoms with Crippen molar-refractivity contribution >= 4 is 17.6 Å². The molecule has 0 atom stereocenters. The molecule has 1 aromatic heterocycles. The summed E-state index contributed by atoms with van der Waals surface area (Å²) in [5, 5.41) is 12.3. The van der Waals surface area contributed by atoms with Crippen LogP contribution in [0, 0.1) is 0 Å². The van der Waals surface area contributed by atoms with Crippen LogP contribution in [0.15, 0.2) is 40.6 Å². The van der Waals surface area contributed by atoms with Gasteiger partial charge in [-0.15, -0.1) is 11.8 Å². The topological polar surface area (TPSA) is 76.4 Å². The Morgan fingerprint density at radius 2 is 2.24 bits per heavy atom. The molecule has 0 saturated heterocycles. The maximum Gasteiger partial charge on any atom is 0.173 e. The van der Waals surface area contributed by atoms with Gasteiger partial charge >= 0.3 is 0 Å². The second kappa shape index (κ2) is 7.17. The molecule has 1 aromatic carbocycles. The van der Waals surface area contributed by atoms with E-state index in [1.807, 2.05) is 29.0 Å². The number of aromatic nitrogens is 2. The highest BCUT2D eigenvalue weighted by molar-refractivity contribution is 7.99. The molecule has 3 N–H and O–H groups in total. The maximum atomic E-state index is 9.10. The quantitative estimate of drug-likeness (QED) is 0.283. The van der Waals surface area contributed by atoms with Gasteiger partial charge in [0.1, 0.15) is 5.82 Å². The summed E-state index contributed by atoms with van der Waals surface area (Å²) in [6, 6.07) is 5.94. The van der Waals surface area contributed by atoms with Gasteiger partial charge in [-0.05, 0) is 24.3 Å². The predicted octanol–water partition coefficient (Wildman–Crippen LogP) is 3.03. The van der Waals surface area contributed by atoms with E-state index in [4.69, 9.17) is 10.9 Å². The molecule has 2 rings (SSSR count). The Morgan fingerprint density at radius 3 is 2.90 bits per heavy atom. The molecule has 112 valence electrons. The van der Waals surface area contributed by atoms with Gasteiger partial charge in [0.05, 0.1) is 11.3 Å². The van der Waals surface area contributed by atoms with E-state index in [-0.39, 0.29) is 5.84 Å². The first kappa shape index (κ1) is 15.4. The Bertz CT molecular complexity index is 636. The largest absolute Gasteiger partial charge is 0.409 e. The van der Waals surface area contributed by atoms with Crippen LogP contribution >= 0.6 is 11.8 Å². The zero-order valence-electron chi connectivity index (χ0n) is 12.3. The Hall–Kier alpha value is -1.95. The third kappa shape index (κ3) is 3.21. The van der Waals surface area contributed by atoms with E-state index in [0.717, 1.165) is 40.6 Å². The number of thioether (sulfide) groups is 1. The van der Waals surface area contributed by atoms with E-state index in [1.54, 1.807) is 18.0 Å². The van der Waals surface area contributed by atoms with Crippen molar-refractivity contribution in [1.29, 1.82) is 0 Å². The van der Waals surface area contributed by atoms with Crippen LogP contribution in [0.1, 0.15) is 31.7 Å². The van der Waals surface area contributed by atoms with E-state index in [1.165, 1.54) is 0 Å². The van der Waals surface area contributed by atoms with Gasteiger partial charge in [-0.1, -0.05) is 25.1 Å². The van der Waals surface area contributed by atoms with Gasteiger partial charge in [0, 0.05) is 23.7 Å². The average Bonchev–Trinajstić information content (AvgIpc) is 2.95. The molecule has 0 saturated carbocycles. The number of imidazole rings is 1. The Kier molecular flexibility index (Phi) is 5.27. The summed E-state index contributed by atoms with van der Waals surface area (Å²) >= 11 is 1.67. The molecule has 0 radical (unpaired) electrons. The molecule has 2 aromatic rings. The minimum atomic E-state index is 0.123. The number of nitrogens with zero attached hydrogens (tertiary/aromatic N) is 3. The van der Waals surface area contributed by atoms with E-state index in [0.29, 0.717) is 0 Å². The van der Waals surface area contributed by atoms with Crippen LogP contribution < -0.4 is 5.73 Å². The summed E-state index contributed by atoms with van der Waals surface area (Å²) in [7, 11) is 0. The van der Waals surface area contributed by atoms with Crippen molar-refractivity contribution in [1.82, 2.24) is 9.55 Å². The number of aryl methyl sites for hydroxylation is 1. The van der Waals surface area contributed by atoms with Crippen LogP contribution in [0.3, 0.4) is 0 Å². The number of benzene rings is 1. The average molecular weight is 304 g/mol. The predicted molar refractivity (Wildman–Crippen MR) is 86.5 cm³/mol. The molecular weight excluding hydrogens is 284 g/mol. The summed E-state index contributed by atoms with van der Waals surface area (Å²) in [5.41, 5.74) is 7.55. The van der Waals surface area contributed by atoms with Crippen molar-refractivity contribution in [3.05, 3.63) is 42.0 Å². The van der Waals surface area contributed by atoms with Gasteiger partial charge in [-0.25, -0.2) is 4.98 Å². The van der Waals surface area contributed by atoms with Crippen molar-refractivity contribution in [3.8, 4) is 5.69 Å². The van der Waals surface area contributed by atoms with Crippen molar-refractivity contribution in [2.24, 2.45) is 10.9 Å². The monoisotopic (exact) mass is 304 g/mol. The fourth-order valence-electron chi connectivity index (χ4n) is 2.27. The molecule has 1 heterocycles. The molecule has 0 spiro atoms. The molecule has 0 bridgehead atoms. The van der Waals surface area contributed by atoms with Crippen LogP contribution in [-0.4, -0.2) is 26.3 Å². The van der Waals surface area contributed by atoms with Crippen LogP contribution in [0.4, 0.5) is 0 Å². The molecule has 0 amide bonds. The SMILES string of the molecule is CCCc1nccn1-c1cccc(SCC)c1/C(N)=N/O. The molecule has 0 fully saturated rings. The molecule has 6 heteroatoms. The highest BCUT2D eigenvalue weighted by Crippen LogP contribution is 2.28. The number of amidine groups is 1. The third-order valence-corrected chi connectivity index (χ3v) is 4.06. The van der Waals surface area contributed by atoms with Gasteiger partial charge in [-0.2, -0.15) is 0 Å². The van der Waals surface area contributed by atoms with E-state index in [2.05, 4.69) is 24.0 Å². The van der Waals surface area contributed by atoms with Crippen LogP contribution in [0.5, 0.6) is 0 Å². The number of hydrogen-bond donors (Lipinski definition) is 2. The lowest BCUT2D eigenvalue weighted by atomic mass is 10.1. The number of nitrogens with two attached hydrogens (primary N) is 1. The van der Waals surface area contributed by atoms with Crippen LogP contribution in [0.2, 0.25) is 0 Å².